The van der Waals surface area contributed by atoms with E-state index in [9.17, 15) is 0 Å². The first-order valence-corrected chi connectivity index (χ1v) is 5.16. The van der Waals surface area contributed by atoms with Gasteiger partial charge in [0.15, 0.2) is 0 Å². The van der Waals surface area contributed by atoms with Gasteiger partial charge in [-0.3, -0.25) is 0 Å². The molecule has 84 valence electrons. The third kappa shape index (κ3) is 4.67. The van der Waals surface area contributed by atoms with Crippen LogP contribution in [0.15, 0.2) is 35.7 Å². The van der Waals surface area contributed by atoms with E-state index in [2.05, 4.69) is 18.2 Å². The lowest BCUT2D eigenvalue weighted by Gasteiger charge is -2.14. The molecule has 0 bridgehead atoms. The zero-order valence-corrected chi connectivity index (χ0v) is 8.89. The SMILES string of the molecule is N/C(=C\N(N)CCO)CC1=CCCC=C1. The predicted molar refractivity (Wildman–Crippen MR) is 61.3 cm³/mol. The Kier molecular flexibility index (Phi) is 4.93. The van der Waals surface area contributed by atoms with Crippen molar-refractivity contribution in [1.29, 1.82) is 0 Å². The van der Waals surface area contributed by atoms with Crippen LogP contribution in [-0.2, 0) is 0 Å². The van der Waals surface area contributed by atoms with Gasteiger partial charge in [-0.05, 0) is 18.4 Å². The minimum atomic E-state index is 0.0306. The fourth-order valence-corrected chi connectivity index (χ4v) is 1.47. The zero-order valence-electron chi connectivity index (χ0n) is 8.89. The Hall–Kier alpha value is -1.26. The maximum Gasteiger partial charge on any atom is 0.0622 e. The molecule has 5 N–H and O–H groups in total. The van der Waals surface area contributed by atoms with Gasteiger partial charge in [-0.25, -0.2) is 5.84 Å². The van der Waals surface area contributed by atoms with Gasteiger partial charge in [-0.15, -0.1) is 0 Å². The smallest absolute Gasteiger partial charge is 0.0622 e. The van der Waals surface area contributed by atoms with E-state index in [4.69, 9.17) is 16.7 Å². The van der Waals surface area contributed by atoms with Crippen molar-refractivity contribution < 1.29 is 5.11 Å². The molecule has 0 amide bonds. The normalized spacial score (nSPS) is 16.4. The van der Waals surface area contributed by atoms with Crippen LogP contribution < -0.4 is 11.6 Å². The minimum absolute atomic E-state index is 0.0306. The lowest BCUT2D eigenvalue weighted by atomic mass is 10.0. The summed E-state index contributed by atoms with van der Waals surface area (Å²) in [7, 11) is 0. The first-order valence-electron chi connectivity index (χ1n) is 5.16. The molecule has 0 atom stereocenters. The van der Waals surface area contributed by atoms with Crippen LogP contribution in [0, 0.1) is 0 Å². The number of hydrogen-bond donors (Lipinski definition) is 3. The summed E-state index contributed by atoms with van der Waals surface area (Å²) < 4.78 is 0. The second kappa shape index (κ2) is 6.27. The highest BCUT2D eigenvalue weighted by molar-refractivity contribution is 5.26. The fourth-order valence-electron chi connectivity index (χ4n) is 1.47. The number of nitrogens with zero attached hydrogens (tertiary/aromatic N) is 1. The van der Waals surface area contributed by atoms with Gasteiger partial charge in [-0.1, -0.05) is 18.2 Å². The first-order chi connectivity index (χ1) is 7.22. The van der Waals surface area contributed by atoms with Crippen LogP contribution in [0.1, 0.15) is 19.3 Å². The number of rotatable bonds is 5. The highest BCUT2D eigenvalue weighted by Crippen LogP contribution is 2.15. The van der Waals surface area contributed by atoms with Crippen molar-refractivity contribution in [3.63, 3.8) is 0 Å². The van der Waals surface area contributed by atoms with E-state index < -0.39 is 0 Å². The summed E-state index contributed by atoms with van der Waals surface area (Å²) in [5.74, 6) is 5.57. The average Bonchev–Trinajstić information content (AvgIpc) is 2.19. The fraction of sp³-hybridized carbons (Fsp3) is 0.455. The molecule has 0 aromatic carbocycles. The summed E-state index contributed by atoms with van der Waals surface area (Å²) in [4.78, 5) is 0. The van der Waals surface area contributed by atoms with E-state index in [1.54, 1.807) is 6.20 Å². The van der Waals surface area contributed by atoms with Crippen molar-refractivity contribution in [3.05, 3.63) is 35.7 Å². The number of aliphatic hydroxyl groups excluding tert-OH is 1. The van der Waals surface area contributed by atoms with Crippen LogP contribution in [0.2, 0.25) is 0 Å². The molecule has 1 aliphatic carbocycles. The summed E-state index contributed by atoms with van der Waals surface area (Å²) in [6.07, 6.45) is 11.0. The van der Waals surface area contributed by atoms with E-state index in [1.807, 2.05) is 0 Å². The van der Waals surface area contributed by atoms with Gasteiger partial charge in [0, 0.05) is 18.3 Å². The second-order valence-electron chi connectivity index (χ2n) is 3.60. The van der Waals surface area contributed by atoms with Crippen molar-refractivity contribution in [3.8, 4) is 0 Å². The third-order valence-electron chi connectivity index (χ3n) is 2.17. The molecule has 0 heterocycles. The molecular formula is C11H19N3O. The molecule has 0 aromatic heterocycles. The molecule has 4 nitrogen and oxygen atoms in total. The monoisotopic (exact) mass is 209 g/mol. The third-order valence-corrected chi connectivity index (χ3v) is 2.17. The maximum absolute atomic E-state index is 8.66. The summed E-state index contributed by atoms with van der Waals surface area (Å²) >= 11 is 0. The zero-order chi connectivity index (χ0) is 11.1. The Morgan fingerprint density at radius 2 is 2.33 bits per heavy atom. The predicted octanol–water partition coefficient (Wildman–Crippen LogP) is 0.621. The minimum Gasteiger partial charge on any atom is -0.401 e. The van der Waals surface area contributed by atoms with Crippen molar-refractivity contribution in [2.45, 2.75) is 19.3 Å². The summed E-state index contributed by atoms with van der Waals surface area (Å²) in [6, 6.07) is 0. The Morgan fingerprint density at radius 3 is 2.93 bits per heavy atom. The summed E-state index contributed by atoms with van der Waals surface area (Å²) in [5, 5.41) is 10.1. The summed E-state index contributed by atoms with van der Waals surface area (Å²) in [6.45, 7) is 0.429. The quantitative estimate of drug-likeness (QED) is 0.458. The van der Waals surface area contributed by atoms with Gasteiger partial charge < -0.3 is 15.8 Å². The van der Waals surface area contributed by atoms with E-state index in [0.717, 1.165) is 19.3 Å². The van der Waals surface area contributed by atoms with Gasteiger partial charge in [0.2, 0.25) is 0 Å². The van der Waals surface area contributed by atoms with Crippen molar-refractivity contribution >= 4 is 0 Å². The van der Waals surface area contributed by atoms with Crippen LogP contribution in [0.5, 0.6) is 0 Å². The van der Waals surface area contributed by atoms with E-state index in [-0.39, 0.29) is 6.61 Å². The van der Waals surface area contributed by atoms with Gasteiger partial charge in [-0.2, -0.15) is 0 Å². The number of nitrogens with two attached hydrogens (primary N) is 2. The Bertz CT molecular complexity index is 282. The van der Waals surface area contributed by atoms with Crippen LogP contribution in [0.4, 0.5) is 0 Å². The molecular weight excluding hydrogens is 190 g/mol. The Labute approximate surface area is 90.5 Å². The lowest BCUT2D eigenvalue weighted by molar-refractivity contribution is 0.238. The second-order valence-corrected chi connectivity index (χ2v) is 3.60. The molecule has 0 fully saturated rings. The van der Waals surface area contributed by atoms with Crippen molar-refractivity contribution in [2.75, 3.05) is 13.2 Å². The molecule has 4 heteroatoms. The van der Waals surface area contributed by atoms with Gasteiger partial charge in [0.1, 0.15) is 0 Å². The Balaban J connectivity index is 2.43. The highest BCUT2D eigenvalue weighted by Gasteiger charge is 2.00. The topological polar surface area (TPSA) is 75.5 Å². The molecule has 1 rings (SSSR count). The van der Waals surface area contributed by atoms with Crippen LogP contribution >= 0.6 is 0 Å². The molecule has 0 spiro atoms. The molecule has 0 saturated carbocycles. The van der Waals surface area contributed by atoms with E-state index >= 15 is 0 Å². The number of hydrazine groups is 1. The van der Waals surface area contributed by atoms with E-state index in [1.165, 1.54) is 10.6 Å². The number of hydrogen-bond acceptors (Lipinski definition) is 4. The maximum atomic E-state index is 8.66. The first kappa shape index (κ1) is 11.8. The van der Waals surface area contributed by atoms with Crippen molar-refractivity contribution in [1.82, 2.24) is 5.01 Å². The standard InChI is InChI=1S/C11H19N3O/c12-11(9-14(13)6-7-15)8-10-4-2-1-3-5-10/h2,4-5,9,15H,1,3,6-8,12-13H2/b11-9-. The van der Waals surface area contributed by atoms with E-state index in [0.29, 0.717) is 12.2 Å². The van der Waals surface area contributed by atoms with Gasteiger partial charge >= 0.3 is 0 Å². The van der Waals surface area contributed by atoms with Crippen LogP contribution in [0.3, 0.4) is 0 Å². The number of allylic oxidation sites excluding steroid dienone is 4. The molecule has 0 aliphatic heterocycles. The molecule has 0 saturated heterocycles. The van der Waals surface area contributed by atoms with Crippen LogP contribution in [0.25, 0.3) is 0 Å². The molecule has 0 radical (unpaired) electrons. The van der Waals surface area contributed by atoms with Gasteiger partial charge in [0.25, 0.3) is 0 Å². The number of aliphatic hydroxyl groups is 1. The molecule has 0 unspecified atom stereocenters. The Morgan fingerprint density at radius 1 is 1.53 bits per heavy atom. The lowest BCUT2D eigenvalue weighted by Crippen LogP contribution is -2.29. The van der Waals surface area contributed by atoms with Gasteiger partial charge in [0.05, 0.1) is 13.2 Å². The molecule has 15 heavy (non-hydrogen) atoms. The van der Waals surface area contributed by atoms with Crippen molar-refractivity contribution in [2.24, 2.45) is 11.6 Å². The largest absolute Gasteiger partial charge is 0.401 e. The average molecular weight is 209 g/mol. The summed E-state index contributed by atoms with van der Waals surface area (Å²) in [5.41, 5.74) is 7.76. The highest BCUT2D eigenvalue weighted by atomic mass is 16.3. The van der Waals surface area contributed by atoms with Crippen LogP contribution in [-0.4, -0.2) is 23.3 Å². The molecule has 0 aromatic rings. The molecule has 1 aliphatic rings.